The van der Waals surface area contributed by atoms with Crippen molar-refractivity contribution in [3.63, 3.8) is 0 Å². The fourth-order valence-corrected chi connectivity index (χ4v) is 5.46. The number of benzene rings is 1. The normalized spacial score (nSPS) is 26.0. The second-order valence-electron chi connectivity index (χ2n) is 9.60. The molecule has 0 spiro atoms. The number of likely N-dealkylation sites (tertiary alicyclic amines) is 1. The van der Waals surface area contributed by atoms with Crippen molar-refractivity contribution in [1.82, 2.24) is 9.80 Å². The zero-order valence-corrected chi connectivity index (χ0v) is 19.7. The fraction of sp³-hybridized carbons (Fsp3) is 0.760. The highest BCUT2D eigenvalue weighted by molar-refractivity contribution is 5.57. The molecule has 2 saturated heterocycles. The maximum atomic E-state index is 6.32. The number of piperazine rings is 1. The molecule has 3 aliphatic rings. The zero-order chi connectivity index (χ0) is 21.6. The van der Waals surface area contributed by atoms with E-state index in [4.69, 9.17) is 14.2 Å². The molecule has 0 aromatic heterocycles. The molecular weight excluding hydrogens is 390 g/mol. The van der Waals surface area contributed by atoms with Gasteiger partial charge in [-0.1, -0.05) is 0 Å². The summed E-state index contributed by atoms with van der Waals surface area (Å²) >= 11 is 0. The van der Waals surface area contributed by atoms with Gasteiger partial charge in [0.2, 0.25) is 0 Å². The number of methoxy groups -OCH3 is 2. The summed E-state index contributed by atoms with van der Waals surface area (Å²) in [5, 5.41) is 0. The molecule has 31 heavy (non-hydrogen) atoms. The monoisotopic (exact) mass is 431 g/mol. The Bertz CT molecular complexity index is 695. The number of nitrogens with zero attached hydrogens (tertiary/aromatic N) is 3. The van der Waals surface area contributed by atoms with E-state index in [2.05, 4.69) is 39.8 Å². The van der Waals surface area contributed by atoms with Crippen LogP contribution in [0.15, 0.2) is 18.2 Å². The predicted molar refractivity (Wildman–Crippen MR) is 126 cm³/mol. The van der Waals surface area contributed by atoms with Crippen LogP contribution in [0.2, 0.25) is 0 Å². The molecule has 1 aliphatic carbocycles. The van der Waals surface area contributed by atoms with E-state index in [0.29, 0.717) is 12.1 Å². The van der Waals surface area contributed by atoms with Gasteiger partial charge in [-0.2, -0.15) is 0 Å². The summed E-state index contributed by atoms with van der Waals surface area (Å²) in [4.78, 5) is 7.77. The summed E-state index contributed by atoms with van der Waals surface area (Å²) in [6.07, 6.45) is 6.49. The maximum absolute atomic E-state index is 6.32. The van der Waals surface area contributed by atoms with Crippen LogP contribution in [0, 0.1) is 5.92 Å². The second-order valence-corrected chi connectivity index (χ2v) is 9.60. The lowest BCUT2D eigenvalue weighted by Crippen LogP contribution is -2.53. The lowest BCUT2D eigenvalue weighted by molar-refractivity contribution is 0.143. The van der Waals surface area contributed by atoms with Crippen molar-refractivity contribution in [2.45, 2.75) is 51.2 Å². The molecule has 0 bridgehead atoms. The van der Waals surface area contributed by atoms with E-state index in [1.807, 2.05) is 7.11 Å². The molecule has 6 heteroatoms. The number of anilines is 1. The van der Waals surface area contributed by atoms with Crippen molar-refractivity contribution in [2.24, 2.45) is 5.92 Å². The van der Waals surface area contributed by atoms with Crippen LogP contribution in [0.25, 0.3) is 0 Å². The van der Waals surface area contributed by atoms with Gasteiger partial charge >= 0.3 is 0 Å². The van der Waals surface area contributed by atoms with Gasteiger partial charge in [0.1, 0.15) is 0 Å². The lowest BCUT2D eigenvalue weighted by Gasteiger charge is -2.41. The highest BCUT2D eigenvalue weighted by Gasteiger charge is 2.27. The average molecular weight is 432 g/mol. The van der Waals surface area contributed by atoms with Crippen LogP contribution in [0.5, 0.6) is 11.5 Å². The van der Waals surface area contributed by atoms with Crippen molar-refractivity contribution in [3.05, 3.63) is 18.2 Å². The Labute approximate surface area is 188 Å². The molecule has 1 aromatic carbocycles. The Kier molecular flexibility index (Phi) is 7.96. The molecule has 0 radical (unpaired) electrons. The van der Waals surface area contributed by atoms with Gasteiger partial charge in [-0.25, -0.2) is 0 Å². The third-order valence-electron chi connectivity index (χ3n) is 7.35. The first kappa shape index (κ1) is 22.7. The Hall–Kier alpha value is -1.50. The van der Waals surface area contributed by atoms with Gasteiger partial charge in [-0.05, 0) is 63.6 Å². The largest absolute Gasteiger partial charge is 0.493 e. The van der Waals surface area contributed by atoms with E-state index in [1.54, 1.807) is 7.11 Å². The molecule has 1 saturated carbocycles. The van der Waals surface area contributed by atoms with Crippen molar-refractivity contribution >= 4 is 5.69 Å². The summed E-state index contributed by atoms with van der Waals surface area (Å²) in [7, 11) is 3.55. The Morgan fingerprint density at radius 1 is 0.935 bits per heavy atom. The predicted octanol–water partition coefficient (Wildman–Crippen LogP) is 3.50. The van der Waals surface area contributed by atoms with Crippen LogP contribution < -0.4 is 14.4 Å². The summed E-state index contributed by atoms with van der Waals surface area (Å²) in [5.74, 6) is 2.47. The lowest BCUT2D eigenvalue weighted by atomic mass is 10.1. The van der Waals surface area contributed by atoms with Crippen LogP contribution in [0.4, 0.5) is 5.69 Å². The number of hydrogen-bond donors (Lipinski definition) is 0. The molecular formula is C25H41N3O3. The Morgan fingerprint density at radius 3 is 2.52 bits per heavy atom. The van der Waals surface area contributed by atoms with Gasteiger partial charge in [0.15, 0.2) is 11.5 Å². The minimum absolute atomic E-state index is 0.342. The Morgan fingerprint density at radius 2 is 1.77 bits per heavy atom. The maximum Gasteiger partial charge on any atom is 0.163 e. The standard InChI is InChI=1S/C25H41N3O3/c1-20-17-28(15-14-27(20)13-12-26-11-10-21(18-26)19-29-2)22-8-9-24(30-3)25(16-22)31-23-6-4-5-7-23/h8-9,16,20-21,23H,4-7,10-15,17-19H2,1-3H3/t20-,21+/m0/s1. The van der Waals surface area contributed by atoms with Gasteiger partial charge in [0, 0.05) is 64.2 Å². The van der Waals surface area contributed by atoms with Crippen LogP contribution in [-0.4, -0.2) is 88.6 Å². The first-order valence-electron chi connectivity index (χ1n) is 12.2. The molecule has 2 aliphatic heterocycles. The summed E-state index contributed by atoms with van der Waals surface area (Å²) in [6.45, 7) is 11.2. The third kappa shape index (κ3) is 5.85. The van der Waals surface area contributed by atoms with Crippen LogP contribution in [0.3, 0.4) is 0 Å². The van der Waals surface area contributed by atoms with Crippen LogP contribution >= 0.6 is 0 Å². The molecule has 6 nitrogen and oxygen atoms in total. The van der Waals surface area contributed by atoms with Gasteiger partial charge < -0.3 is 24.0 Å². The topological polar surface area (TPSA) is 37.4 Å². The molecule has 3 fully saturated rings. The van der Waals surface area contributed by atoms with Crippen molar-refractivity contribution in [2.75, 3.05) is 71.5 Å². The summed E-state index contributed by atoms with van der Waals surface area (Å²) in [5.41, 5.74) is 1.25. The van der Waals surface area contributed by atoms with Crippen molar-refractivity contribution in [3.8, 4) is 11.5 Å². The highest BCUT2D eigenvalue weighted by Crippen LogP contribution is 2.35. The second kappa shape index (κ2) is 10.9. The van der Waals surface area contributed by atoms with Gasteiger partial charge in [-0.15, -0.1) is 0 Å². The van der Waals surface area contributed by atoms with Crippen LogP contribution in [-0.2, 0) is 4.74 Å². The molecule has 0 amide bonds. The minimum atomic E-state index is 0.342. The van der Waals surface area contributed by atoms with E-state index < -0.39 is 0 Å². The Balaban J connectivity index is 1.30. The fourth-order valence-electron chi connectivity index (χ4n) is 5.46. The summed E-state index contributed by atoms with van der Waals surface area (Å²) in [6, 6.07) is 7.00. The van der Waals surface area contributed by atoms with Crippen LogP contribution in [0.1, 0.15) is 39.0 Å². The van der Waals surface area contributed by atoms with E-state index in [-0.39, 0.29) is 0 Å². The smallest absolute Gasteiger partial charge is 0.163 e. The van der Waals surface area contributed by atoms with E-state index in [0.717, 1.165) is 63.0 Å². The van der Waals surface area contributed by atoms with Crippen molar-refractivity contribution in [1.29, 1.82) is 0 Å². The average Bonchev–Trinajstić information content (AvgIpc) is 3.45. The first-order valence-corrected chi connectivity index (χ1v) is 12.2. The van der Waals surface area contributed by atoms with E-state index in [9.17, 15) is 0 Å². The quantitative estimate of drug-likeness (QED) is 0.596. The number of hydrogen-bond acceptors (Lipinski definition) is 6. The van der Waals surface area contributed by atoms with Crippen molar-refractivity contribution < 1.29 is 14.2 Å². The number of ether oxygens (including phenoxy) is 3. The molecule has 2 heterocycles. The molecule has 2 atom stereocenters. The number of rotatable bonds is 9. The molecule has 1 aromatic rings. The zero-order valence-electron chi connectivity index (χ0n) is 19.7. The van der Waals surface area contributed by atoms with Gasteiger partial charge in [0.25, 0.3) is 0 Å². The van der Waals surface area contributed by atoms with Gasteiger partial charge in [-0.3, -0.25) is 4.90 Å². The highest BCUT2D eigenvalue weighted by atomic mass is 16.5. The minimum Gasteiger partial charge on any atom is -0.493 e. The van der Waals surface area contributed by atoms with Gasteiger partial charge in [0.05, 0.1) is 19.8 Å². The van der Waals surface area contributed by atoms with E-state index in [1.165, 1.54) is 44.6 Å². The molecule has 174 valence electrons. The first-order chi connectivity index (χ1) is 15.2. The third-order valence-corrected chi connectivity index (χ3v) is 7.35. The SMILES string of the molecule is COC[C@@H]1CCN(CCN2CCN(c3ccc(OC)c(OC4CCCC4)c3)C[C@@H]2C)C1. The summed E-state index contributed by atoms with van der Waals surface area (Å²) < 4.78 is 17.2. The van der Waals surface area contributed by atoms with E-state index >= 15 is 0 Å². The molecule has 4 rings (SSSR count). The molecule has 0 unspecified atom stereocenters. The molecule has 0 N–H and O–H groups in total.